The number of nitriles is 1. The summed E-state index contributed by atoms with van der Waals surface area (Å²) >= 11 is 0. The summed E-state index contributed by atoms with van der Waals surface area (Å²) in [6.45, 7) is 9.18. The molecule has 64 heavy (non-hydrogen) atoms. The highest BCUT2D eigenvalue weighted by Gasteiger charge is 2.52. The van der Waals surface area contributed by atoms with E-state index in [1.807, 2.05) is 111 Å². The van der Waals surface area contributed by atoms with Crippen LogP contribution < -0.4 is 20.5 Å². The van der Waals surface area contributed by atoms with Crippen molar-refractivity contribution in [2.24, 2.45) is 0 Å². The first-order chi connectivity index (χ1) is 30.9. The maximum Gasteiger partial charge on any atom is 0.351 e. The number of anilines is 1. The molecule has 1 N–H and O–H groups in total. The van der Waals surface area contributed by atoms with E-state index in [0.29, 0.717) is 17.1 Å². The molecule has 1 aliphatic rings. The van der Waals surface area contributed by atoms with Gasteiger partial charge in [-0.05, 0) is 86.8 Å². The van der Waals surface area contributed by atoms with Gasteiger partial charge in [0.2, 0.25) is 0 Å². The van der Waals surface area contributed by atoms with Crippen LogP contribution in [0.1, 0.15) is 74.3 Å². The normalized spacial score (nSPS) is 17.8. The predicted octanol–water partition coefficient (Wildman–Crippen LogP) is 8.01. The Morgan fingerprint density at radius 2 is 1.41 bits per heavy atom. The van der Waals surface area contributed by atoms with Crippen LogP contribution in [0.4, 0.5) is 5.82 Å². The lowest BCUT2D eigenvalue weighted by Gasteiger charge is -2.39. The van der Waals surface area contributed by atoms with Crippen molar-refractivity contribution in [2.45, 2.75) is 83.3 Å². The van der Waals surface area contributed by atoms with Gasteiger partial charge >= 0.3 is 11.7 Å². The van der Waals surface area contributed by atoms with Gasteiger partial charge in [-0.2, -0.15) is 10.2 Å². The number of ether oxygens (including phenoxy) is 5. The van der Waals surface area contributed by atoms with Crippen molar-refractivity contribution in [1.29, 1.82) is 5.26 Å². The van der Waals surface area contributed by atoms with Gasteiger partial charge in [0.15, 0.2) is 12.3 Å². The summed E-state index contributed by atoms with van der Waals surface area (Å²) in [6.07, 6.45) is -3.13. The molecule has 5 atom stereocenters. The molecule has 0 spiro atoms. The Bertz CT molecular complexity index is 2340. The van der Waals surface area contributed by atoms with Gasteiger partial charge in [-0.25, -0.2) is 9.46 Å². The molecule has 15 nitrogen and oxygen atoms in total. The topological polar surface area (TPSA) is 173 Å². The van der Waals surface area contributed by atoms with E-state index in [2.05, 4.69) is 16.4 Å². The summed E-state index contributed by atoms with van der Waals surface area (Å²) in [5.74, 6) is 0.196. The summed E-state index contributed by atoms with van der Waals surface area (Å²) in [6, 6.07) is 36.8. The molecule has 1 amide bonds. The number of amides is 1. The van der Waals surface area contributed by atoms with Crippen LogP contribution in [0.15, 0.2) is 126 Å². The number of carbonyl (C=O) groups excluding carboxylic acids is 2. The minimum Gasteiger partial charge on any atom is -0.497 e. The second-order valence-electron chi connectivity index (χ2n) is 15.4. The first kappa shape index (κ1) is 47.5. The van der Waals surface area contributed by atoms with Gasteiger partial charge in [0.25, 0.3) is 14.4 Å². The van der Waals surface area contributed by atoms with Gasteiger partial charge in [-0.3, -0.25) is 14.2 Å². The van der Waals surface area contributed by atoms with E-state index in [0.717, 1.165) is 16.7 Å². The van der Waals surface area contributed by atoms with Crippen molar-refractivity contribution in [3.8, 4) is 17.6 Å². The fraction of sp³-hybridized carbons (Fsp3) is 0.354. The molecule has 0 bridgehead atoms. The van der Waals surface area contributed by atoms with Crippen molar-refractivity contribution < 1.29 is 42.3 Å². The minimum atomic E-state index is -1.94. The lowest BCUT2D eigenvalue weighted by Crippen LogP contribution is -2.43. The van der Waals surface area contributed by atoms with E-state index in [1.165, 1.54) is 23.8 Å². The molecule has 1 aliphatic heterocycles. The van der Waals surface area contributed by atoms with Gasteiger partial charge < -0.3 is 38.0 Å². The van der Waals surface area contributed by atoms with Crippen LogP contribution >= 0.6 is 8.53 Å². The third-order valence-corrected chi connectivity index (χ3v) is 12.6. The van der Waals surface area contributed by atoms with Crippen molar-refractivity contribution in [3.63, 3.8) is 0 Å². The molecule has 0 saturated carbocycles. The quantitative estimate of drug-likeness (QED) is 0.0345. The van der Waals surface area contributed by atoms with E-state index < -0.39 is 56.2 Å². The van der Waals surface area contributed by atoms with E-state index in [9.17, 15) is 19.6 Å². The first-order valence-electron chi connectivity index (χ1n) is 20.9. The number of nitrogens with one attached hydrogen (secondary N) is 1. The largest absolute Gasteiger partial charge is 0.497 e. The monoisotopic (exact) mass is 891 g/mol. The first-order valence-corrected chi connectivity index (χ1v) is 22.0. The second kappa shape index (κ2) is 22.1. The van der Waals surface area contributed by atoms with Gasteiger partial charge in [0.1, 0.15) is 35.1 Å². The number of aromatic nitrogens is 2. The molecule has 1 fully saturated rings. The summed E-state index contributed by atoms with van der Waals surface area (Å²) in [7, 11) is 1.25. The maximum absolute atomic E-state index is 14.0. The van der Waals surface area contributed by atoms with Crippen LogP contribution in [-0.4, -0.2) is 83.9 Å². The number of benzene rings is 4. The van der Waals surface area contributed by atoms with E-state index >= 15 is 0 Å². The third kappa shape index (κ3) is 11.0. The number of hydrogen-bond donors (Lipinski definition) is 1. The smallest absolute Gasteiger partial charge is 0.351 e. The van der Waals surface area contributed by atoms with Crippen LogP contribution in [0.2, 0.25) is 0 Å². The summed E-state index contributed by atoms with van der Waals surface area (Å²) in [4.78, 5) is 44.2. The molecule has 4 aromatic carbocycles. The molecule has 2 heterocycles. The number of esters is 1. The lowest BCUT2D eigenvalue weighted by molar-refractivity contribution is -0.155. The lowest BCUT2D eigenvalue weighted by atomic mass is 9.80. The highest BCUT2D eigenvalue weighted by Crippen LogP contribution is 2.51. The number of carbonyl (C=O) groups is 2. The van der Waals surface area contributed by atoms with Crippen molar-refractivity contribution in [3.05, 3.63) is 154 Å². The summed E-state index contributed by atoms with van der Waals surface area (Å²) < 4.78 is 47.8. The van der Waals surface area contributed by atoms with Gasteiger partial charge in [-0.15, -0.1) is 0 Å². The Kier molecular flexibility index (Phi) is 16.4. The summed E-state index contributed by atoms with van der Waals surface area (Å²) in [5, 5.41) is 12.1. The molecule has 0 aliphatic carbocycles. The Labute approximate surface area is 374 Å². The highest BCUT2D eigenvalue weighted by molar-refractivity contribution is 7.44. The predicted molar refractivity (Wildman–Crippen MR) is 241 cm³/mol. The molecule has 0 radical (unpaired) electrons. The molecule has 6 rings (SSSR count). The molecule has 1 saturated heterocycles. The van der Waals surface area contributed by atoms with Crippen molar-refractivity contribution in [2.75, 3.05) is 32.8 Å². The maximum atomic E-state index is 14.0. The fourth-order valence-electron chi connectivity index (χ4n) is 7.64. The van der Waals surface area contributed by atoms with Gasteiger partial charge in [0.05, 0.1) is 39.9 Å². The van der Waals surface area contributed by atoms with Crippen LogP contribution in [-0.2, 0) is 33.7 Å². The minimum absolute atomic E-state index is 0.00960. The van der Waals surface area contributed by atoms with E-state index in [-0.39, 0.29) is 37.5 Å². The number of methoxy groups -OCH3 is 2. The Morgan fingerprint density at radius 3 is 1.92 bits per heavy atom. The van der Waals surface area contributed by atoms with Crippen LogP contribution in [0.25, 0.3) is 0 Å². The molecule has 336 valence electrons. The molecular weight excluding hydrogens is 838 g/mol. The number of hydrogen-bond acceptors (Lipinski definition) is 13. The zero-order valence-electron chi connectivity index (χ0n) is 37.0. The second-order valence-corrected chi connectivity index (χ2v) is 16.8. The van der Waals surface area contributed by atoms with E-state index in [4.69, 9.17) is 32.7 Å². The molecule has 16 heteroatoms. The SMILES string of the molecule is COc1ccc(C(OCC2OC(n3ccc(NC(=O)c4ccccc4)nc3=O)C(OC(C)=O)C2OP(OCCC#N)N(C(C)C)C(C)C)(c2ccccc2)c2ccc(OC)cc2)cc1. The van der Waals surface area contributed by atoms with Crippen LogP contribution in [0.5, 0.6) is 11.5 Å². The van der Waals surface area contributed by atoms with Gasteiger partial charge in [-0.1, -0.05) is 72.8 Å². The van der Waals surface area contributed by atoms with Gasteiger partial charge in [0, 0.05) is 30.8 Å². The average Bonchev–Trinajstić information content (AvgIpc) is 3.62. The third-order valence-electron chi connectivity index (χ3n) is 10.5. The zero-order chi connectivity index (χ0) is 45.8. The molecule has 1 aromatic heterocycles. The number of rotatable bonds is 20. The average molecular weight is 892 g/mol. The van der Waals surface area contributed by atoms with Crippen LogP contribution in [0.3, 0.4) is 0 Å². The van der Waals surface area contributed by atoms with Crippen LogP contribution in [0, 0.1) is 11.3 Å². The highest BCUT2D eigenvalue weighted by atomic mass is 31.2. The zero-order valence-corrected chi connectivity index (χ0v) is 37.8. The van der Waals surface area contributed by atoms with Crippen molar-refractivity contribution in [1.82, 2.24) is 14.2 Å². The Morgan fingerprint density at radius 1 is 0.844 bits per heavy atom. The fourth-order valence-corrected chi connectivity index (χ4v) is 9.41. The summed E-state index contributed by atoms with van der Waals surface area (Å²) in [5.41, 5.74) is 0.614. The Hall–Kier alpha value is -5.98. The van der Waals surface area contributed by atoms with Crippen molar-refractivity contribution >= 4 is 26.2 Å². The van der Waals surface area contributed by atoms with E-state index in [1.54, 1.807) is 44.6 Å². The standard InChI is InChI=1S/C48H54N5O10P/c1-32(2)53(33(3)4)64(60-30-14-28-49)63-43-41(62-46(44(43)61-34(5)54)52-29-27-42(51-47(52)56)50-45(55)35-15-10-8-11-16-35)31-59-48(36-17-12-9-13-18-36,37-19-23-39(57-6)24-20-37)38-21-25-40(58-7)26-22-38/h8-13,15-27,29,32-33,41,43-44,46H,14,30-31H2,1-7H3,(H,50,51,55,56). The number of nitrogens with zero attached hydrogens (tertiary/aromatic N) is 4. The molecule has 5 unspecified atom stereocenters. The Balaban J connectivity index is 1.47. The molecule has 5 aromatic rings. The molecular formula is C48H54N5O10P.